The van der Waals surface area contributed by atoms with Crippen LogP contribution in [0.3, 0.4) is 0 Å². The Morgan fingerprint density at radius 1 is 1.27 bits per heavy atom. The molecular weight excluding hydrogens is 282 g/mol. The van der Waals surface area contributed by atoms with Crippen molar-refractivity contribution in [1.82, 2.24) is 5.32 Å². The number of aliphatic hydroxyl groups is 1. The maximum atomic E-state index is 11.9. The van der Waals surface area contributed by atoms with Gasteiger partial charge in [0.1, 0.15) is 17.6 Å². The molecule has 0 bridgehead atoms. The highest BCUT2D eigenvalue weighted by atomic mass is 16.5. The van der Waals surface area contributed by atoms with Crippen molar-refractivity contribution >= 4 is 5.91 Å². The number of ether oxygens (including phenoxy) is 1. The lowest BCUT2D eigenvalue weighted by Crippen LogP contribution is -2.34. The van der Waals surface area contributed by atoms with Crippen molar-refractivity contribution in [2.24, 2.45) is 0 Å². The lowest BCUT2D eigenvalue weighted by Gasteiger charge is -2.14. The van der Waals surface area contributed by atoms with Crippen LogP contribution >= 0.6 is 0 Å². The molecule has 1 atom stereocenters. The fraction of sp³-hybridized carbons (Fsp3) is 0.353. The minimum atomic E-state index is -0.561. The molecular formula is C17H21NO4. The third-order valence-corrected chi connectivity index (χ3v) is 3.32. The quantitative estimate of drug-likeness (QED) is 0.825. The molecule has 1 aromatic carbocycles. The van der Waals surface area contributed by atoms with Gasteiger partial charge in [-0.3, -0.25) is 4.79 Å². The predicted octanol–water partition coefficient (Wildman–Crippen LogP) is 2.63. The maximum absolute atomic E-state index is 11.9. The Kier molecular flexibility index (Phi) is 5.61. The first-order valence-electron chi connectivity index (χ1n) is 7.26. The second-order valence-electron chi connectivity index (χ2n) is 5.33. The largest absolute Gasteiger partial charge is 0.484 e. The van der Waals surface area contributed by atoms with E-state index in [0.29, 0.717) is 17.4 Å². The molecule has 0 spiro atoms. The Hall–Kier alpha value is -2.27. The number of hydrogen-bond donors (Lipinski definition) is 2. The second kappa shape index (κ2) is 7.66. The number of benzene rings is 1. The third-order valence-electron chi connectivity index (χ3n) is 3.32. The zero-order valence-electron chi connectivity index (χ0n) is 12.8. The molecule has 0 fully saturated rings. The first kappa shape index (κ1) is 16.1. The zero-order chi connectivity index (χ0) is 15.9. The minimum Gasteiger partial charge on any atom is -0.484 e. The fourth-order valence-corrected chi connectivity index (χ4v) is 2.03. The highest BCUT2D eigenvalue weighted by Gasteiger charge is 2.16. The van der Waals surface area contributed by atoms with Crippen LogP contribution in [0.2, 0.25) is 0 Å². The molecule has 1 unspecified atom stereocenters. The molecule has 118 valence electrons. The molecule has 2 rings (SSSR count). The van der Waals surface area contributed by atoms with Gasteiger partial charge in [0.2, 0.25) is 0 Å². The van der Waals surface area contributed by atoms with Crippen molar-refractivity contribution in [3.63, 3.8) is 0 Å². The molecule has 1 aromatic heterocycles. The molecule has 0 saturated heterocycles. The number of amides is 1. The van der Waals surface area contributed by atoms with Crippen molar-refractivity contribution in [3.8, 4) is 5.75 Å². The van der Waals surface area contributed by atoms with E-state index in [2.05, 4.69) is 19.2 Å². The van der Waals surface area contributed by atoms with Gasteiger partial charge in [-0.05, 0) is 35.7 Å². The summed E-state index contributed by atoms with van der Waals surface area (Å²) in [6, 6.07) is 10.5. The average Bonchev–Trinajstić information content (AvgIpc) is 3.05. The van der Waals surface area contributed by atoms with E-state index < -0.39 is 6.04 Å². The van der Waals surface area contributed by atoms with Gasteiger partial charge in [-0.2, -0.15) is 0 Å². The zero-order valence-corrected chi connectivity index (χ0v) is 12.8. The number of furan rings is 1. The van der Waals surface area contributed by atoms with Crippen LogP contribution in [-0.4, -0.2) is 24.2 Å². The van der Waals surface area contributed by atoms with Crippen LogP contribution in [0.1, 0.15) is 37.1 Å². The summed E-state index contributed by atoms with van der Waals surface area (Å²) < 4.78 is 10.6. The predicted molar refractivity (Wildman–Crippen MR) is 82.7 cm³/mol. The van der Waals surface area contributed by atoms with Gasteiger partial charge in [0.25, 0.3) is 5.91 Å². The van der Waals surface area contributed by atoms with Gasteiger partial charge in [0.05, 0.1) is 12.9 Å². The van der Waals surface area contributed by atoms with Gasteiger partial charge in [0, 0.05) is 0 Å². The molecule has 0 aliphatic rings. The van der Waals surface area contributed by atoms with E-state index in [1.165, 1.54) is 11.8 Å². The van der Waals surface area contributed by atoms with Crippen molar-refractivity contribution in [1.29, 1.82) is 0 Å². The normalized spacial score (nSPS) is 12.2. The van der Waals surface area contributed by atoms with Crippen molar-refractivity contribution in [3.05, 3.63) is 54.0 Å². The van der Waals surface area contributed by atoms with Crippen LogP contribution in [-0.2, 0) is 4.79 Å². The Morgan fingerprint density at radius 2 is 2.00 bits per heavy atom. The smallest absolute Gasteiger partial charge is 0.258 e. The van der Waals surface area contributed by atoms with Gasteiger partial charge >= 0.3 is 0 Å². The number of aliphatic hydroxyl groups excluding tert-OH is 1. The van der Waals surface area contributed by atoms with Crippen LogP contribution < -0.4 is 10.1 Å². The first-order valence-corrected chi connectivity index (χ1v) is 7.26. The summed E-state index contributed by atoms with van der Waals surface area (Å²) in [7, 11) is 0. The summed E-state index contributed by atoms with van der Waals surface area (Å²) in [6.45, 7) is 3.89. The summed E-state index contributed by atoms with van der Waals surface area (Å²) in [5.41, 5.74) is 1.22. The van der Waals surface area contributed by atoms with Gasteiger partial charge in [-0.15, -0.1) is 0 Å². The van der Waals surface area contributed by atoms with E-state index in [4.69, 9.17) is 9.15 Å². The Labute approximate surface area is 129 Å². The Balaban J connectivity index is 1.84. The third kappa shape index (κ3) is 4.36. The van der Waals surface area contributed by atoms with Gasteiger partial charge in [0.15, 0.2) is 6.61 Å². The summed E-state index contributed by atoms with van der Waals surface area (Å²) >= 11 is 0. The van der Waals surface area contributed by atoms with Crippen LogP contribution in [0, 0.1) is 0 Å². The van der Waals surface area contributed by atoms with Gasteiger partial charge in [-0.25, -0.2) is 0 Å². The molecule has 0 radical (unpaired) electrons. The summed E-state index contributed by atoms with van der Waals surface area (Å²) in [5, 5.41) is 12.0. The topological polar surface area (TPSA) is 71.7 Å². The van der Waals surface area contributed by atoms with Crippen molar-refractivity contribution < 1.29 is 19.1 Å². The molecule has 22 heavy (non-hydrogen) atoms. The molecule has 2 aromatic rings. The SMILES string of the molecule is CC(C)c1ccc(OCC(=O)NC(CO)c2ccco2)cc1. The minimum absolute atomic E-state index is 0.113. The molecule has 2 N–H and O–H groups in total. The monoisotopic (exact) mass is 303 g/mol. The lowest BCUT2D eigenvalue weighted by atomic mass is 10.0. The summed E-state index contributed by atoms with van der Waals surface area (Å²) in [4.78, 5) is 11.9. The van der Waals surface area contributed by atoms with E-state index >= 15 is 0 Å². The van der Waals surface area contributed by atoms with Gasteiger partial charge in [-0.1, -0.05) is 26.0 Å². The lowest BCUT2D eigenvalue weighted by molar-refractivity contribution is -0.124. The van der Waals surface area contributed by atoms with E-state index in [9.17, 15) is 9.90 Å². The highest BCUT2D eigenvalue weighted by Crippen LogP contribution is 2.18. The van der Waals surface area contributed by atoms with E-state index in [-0.39, 0.29) is 19.1 Å². The van der Waals surface area contributed by atoms with E-state index in [0.717, 1.165) is 0 Å². The highest BCUT2D eigenvalue weighted by molar-refractivity contribution is 5.78. The number of carbonyl (C=O) groups excluding carboxylic acids is 1. The Bertz CT molecular complexity index is 575. The first-order chi connectivity index (χ1) is 10.6. The molecule has 0 aliphatic carbocycles. The number of nitrogens with one attached hydrogen (secondary N) is 1. The molecule has 1 heterocycles. The second-order valence-corrected chi connectivity index (χ2v) is 5.33. The van der Waals surface area contributed by atoms with Crippen molar-refractivity contribution in [2.75, 3.05) is 13.2 Å². The van der Waals surface area contributed by atoms with E-state index in [1.807, 2.05) is 24.3 Å². The molecule has 0 saturated carbocycles. The van der Waals surface area contributed by atoms with E-state index in [1.54, 1.807) is 12.1 Å². The van der Waals surface area contributed by atoms with Crippen LogP contribution in [0.4, 0.5) is 0 Å². The molecule has 0 aliphatic heterocycles. The van der Waals surface area contributed by atoms with Crippen molar-refractivity contribution in [2.45, 2.75) is 25.8 Å². The summed E-state index contributed by atoms with van der Waals surface area (Å²) in [5.74, 6) is 1.29. The van der Waals surface area contributed by atoms with Gasteiger partial charge < -0.3 is 19.6 Å². The molecule has 5 nitrogen and oxygen atoms in total. The number of hydrogen-bond acceptors (Lipinski definition) is 4. The maximum Gasteiger partial charge on any atom is 0.258 e. The average molecular weight is 303 g/mol. The Morgan fingerprint density at radius 3 is 2.55 bits per heavy atom. The van der Waals surface area contributed by atoms with Crippen LogP contribution in [0.25, 0.3) is 0 Å². The van der Waals surface area contributed by atoms with Crippen LogP contribution in [0.15, 0.2) is 47.1 Å². The van der Waals surface area contributed by atoms with Crippen LogP contribution in [0.5, 0.6) is 5.75 Å². The standard InChI is InChI=1S/C17H21NO4/c1-12(2)13-5-7-14(8-6-13)22-11-17(20)18-15(10-19)16-4-3-9-21-16/h3-9,12,15,19H,10-11H2,1-2H3,(H,18,20). The number of carbonyl (C=O) groups is 1. The number of rotatable bonds is 7. The fourth-order valence-electron chi connectivity index (χ4n) is 2.03. The summed E-state index contributed by atoms with van der Waals surface area (Å²) in [6.07, 6.45) is 1.50. The molecule has 5 heteroatoms. The molecule has 1 amide bonds.